The zero-order valence-corrected chi connectivity index (χ0v) is 13.2. The van der Waals surface area contributed by atoms with Gasteiger partial charge in [0.15, 0.2) is 0 Å². The maximum Gasteiger partial charge on any atom is 0.323 e. The van der Waals surface area contributed by atoms with Crippen LogP contribution >= 0.6 is 11.6 Å². The third-order valence-corrected chi connectivity index (χ3v) is 3.12. The lowest BCUT2D eigenvalue weighted by Crippen LogP contribution is -2.46. The number of nitrogens with zero attached hydrogens (tertiary/aromatic N) is 1. The Morgan fingerprint density at radius 2 is 1.81 bits per heavy atom. The van der Waals surface area contributed by atoms with E-state index in [1.165, 1.54) is 4.90 Å². The minimum atomic E-state index is -1.07. The Bertz CT molecular complexity index is 488. The number of amides is 2. The fourth-order valence-corrected chi connectivity index (χ4v) is 2.22. The molecule has 1 aromatic rings. The van der Waals surface area contributed by atoms with E-state index in [1.54, 1.807) is 24.3 Å². The van der Waals surface area contributed by atoms with Crippen LogP contribution in [0.4, 0.5) is 10.5 Å². The standard InChI is InChI=1S/C15H21ClN2O3/c1-10(2)8-11(3)17-15(21)18(9-14(19)20)13-6-4-12(16)5-7-13/h4-7,10-11H,8-9H2,1-3H3,(H,17,21)(H,19,20). The third kappa shape index (κ3) is 6.04. The summed E-state index contributed by atoms with van der Waals surface area (Å²) in [5.74, 6) is -0.625. The number of rotatable bonds is 6. The molecule has 2 amide bonds. The molecule has 6 heteroatoms. The Morgan fingerprint density at radius 1 is 1.24 bits per heavy atom. The van der Waals surface area contributed by atoms with Crippen LogP contribution in [0.15, 0.2) is 24.3 Å². The SMILES string of the molecule is CC(C)CC(C)NC(=O)N(CC(=O)O)c1ccc(Cl)cc1. The first-order valence-corrected chi connectivity index (χ1v) is 7.22. The van der Waals surface area contributed by atoms with Crippen molar-refractivity contribution in [1.82, 2.24) is 5.32 Å². The number of urea groups is 1. The molecule has 1 atom stereocenters. The minimum Gasteiger partial charge on any atom is -0.480 e. The smallest absolute Gasteiger partial charge is 0.323 e. The lowest BCUT2D eigenvalue weighted by Gasteiger charge is -2.24. The van der Waals surface area contributed by atoms with Crippen molar-refractivity contribution in [3.05, 3.63) is 29.3 Å². The molecule has 0 aromatic heterocycles. The number of hydrogen-bond acceptors (Lipinski definition) is 2. The Kier molecular flexibility index (Phi) is 6.49. The van der Waals surface area contributed by atoms with Gasteiger partial charge in [0.2, 0.25) is 0 Å². The van der Waals surface area contributed by atoms with Crippen molar-refractivity contribution in [1.29, 1.82) is 0 Å². The molecule has 0 bridgehead atoms. The number of carboxylic acids is 1. The highest BCUT2D eigenvalue weighted by Gasteiger charge is 2.20. The number of anilines is 1. The fourth-order valence-electron chi connectivity index (χ4n) is 2.09. The van der Waals surface area contributed by atoms with Crippen LogP contribution in [-0.4, -0.2) is 29.7 Å². The summed E-state index contributed by atoms with van der Waals surface area (Å²) in [4.78, 5) is 24.4. The number of nitrogens with one attached hydrogen (secondary N) is 1. The summed E-state index contributed by atoms with van der Waals surface area (Å²) in [6, 6.07) is 6.04. The van der Waals surface area contributed by atoms with Gasteiger partial charge in [-0.3, -0.25) is 9.69 Å². The average Bonchev–Trinajstić information content (AvgIpc) is 2.35. The van der Waals surface area contributed by atoms with Crippen LogP contribution < -0.4 is 10.2 Å². The Morgan fingerprint density at radius 3 is 2.29 bits per heavy atom. The van der Waals surface area contributed by atoms with Gasteiger partial charge >= 0.3 is 12.0 Å². The molecule has 116 valence electrons. The first kappa shape index (κ1) is 17.3. The molecule has 0 heterocycles. The van der Waals surface area contributed by atoms with Gasteiger partial charge in [-0.1, -0.05) is 25.4 Å². The summed E-state index contributed by atoms with van der Waals surface area (Å²) < 4.78 is 0. The second-order valence-electron chi connectivity index (χ2n) is 5.44. The number of carboxylic acid groups (broad SMARTS) is 1. The summed E-state index contributed by atoms with van der Waals surface area (Å²) in [6.07, 6.45) is 0.827. The largest absolute Gasteiger partial charge is 0.480 e. The van der Waals surface area contributed by atoms with E-state index in [0.29, 0.717) is 16.6 Å². The summed E-state index contributed by atoms with van der Waals surface area (Å²) in [7, 11) is 0. The Hall–Kier alpha value is -1.75. The normalized spacial score (nSPS) is 12.0. The Labute approximate surface area is 129 Å². The van der Waals surface area contributed by atoms with Gasteiger partial charge in [-0.05, 0) is 43.5 Å². The first-order valence-electron chi connectivity index (χ1n) is 6.85. The molecule has 0 radical (unpaired) electrons. The van der Waals surface area contributed by atoms with Gasteiger partial charge in [-0.15, -0.1) is 0 Å². The molecule has 0 spiro atoms. The lowest BCUT2D eigenvalue weighted by molar-refractivity contribution is -0.135. The number of halogens is 1. The third-order valence-electron chi connectivity index (χ3n) is 2.87. The quantitative estimate of drug-likeness (QED) is 0.846. The number of carbonyl (C=O) groups excluding carboxylic acids is 1. The summed E-state index contributed by atoms with van der Waals surface area (Å²) in [5, 5.41) is 12.3. The molecular formula is C15H21ClN2O3. The summed E-state index contributed by atoms with van der Waals surface area (Å²) >= 11 is 5.81. The van der Waals surface area contributed by atoms with Crippen molar-refractivity contribution in [2.45, 2.75) is 33.2 Å². The summed E-state index contributed by atoms with van der Waals surface area (Å²) in [5.41, 5.74) is 0.496. The topological polar surface area (TPSA) is 69.6 Å². The minimum absolute atomic E-state index is 0.0268. The molecule has 5 nitrogen and oxygen atoms in total. The average molecular weight is 313 g/mol. The van der Waals surface area contributed by atoms with Gasteiger partial charge in [-0.2, -0.15) is 0 Å². The molecule has 1 rings (SSSR count). The Balaban J connectivity index is 2.84. The molecule has 0 fully saturated rings. The van der Waals surface area contributed by atoms with E-state index in [2.05, 4.69) is 19.2 Å². The van der Waals surface area contributed by atoms with Crippen LogP contribution in [0.3, 0.4) is 0 Å². The van der Waals surface area contributed by atoms with E-state index >= 15 is 0 Å². The highest BCUT2D eigenvalue weighted by Crippen LogP contribution is 2.18. The second-order valence-corrected chi connectivity index (χ2v) is 5.87. The number of carbonyl (C=O) groups is 2. The lowest BCUT2D eigenvalue weighted by atomic mass is 10.1. The molecule has 0 saturated heterocycles. The van der Waals surface area contributed by atoms with Crippen molar-refractivity contribution in [3.8, 4) is 0 Å². The van der Waals surface area contributed by atoms with Crippen LogP contribution in [0.25, 0.3) is 0 Å². The molecule has 21 heavy (non-hydrogen) atoms. The summed E-state index contributed by atoms with van der Waals surface area (Å²) in [6.45, 7) is 5.63. The predicted octanol–water partition coefficient (Wildman–Crippen LogP) is 3.38. The van der Waals surface area contributed by atoms with Crippen LogP contribution in [0.1, 0.15) is 27.2 Å². The van der Waals surface area contributed by atoms with E-state index in [9.17, 15) is 9.59 Å². The van der Waals surface area contributed by atoms with E-state index in [0.717, 1.165) is 6.42 Å². The van der Waals surface area contributed by atoms with Gasteiger partial charge in [-0.25, -0.2) is 4.79 Å². The van der Waals surface area contributed by atoms with E-state index < -0.39 is 18.5 Å². The molecular weight excluding hydrogens is 292 g/mol. The van der Waals surface area contributed by atoms with Gasteiger partial charge in [0.1, 0.15) is 6.54 Å². The maximum atomic E-state index is 12.3. The van der Waals surface area contributed by atoms with E-state index in [-0.39, 0.29) is 6.04 Å². The maximum absolute atomic E-state index is 12.3. The van der Waals surface area contributed by atoms with Gasteiger partial charge in [0.25, 0.3) is 0 Å². The van der Waals surface area contributed by atoms with E-state index in [1.807, 2.05) is 6.92 Å². The molecule has 1 aromatic carbocycles. The number of aliphatic carboxylic acids is 1. The van der Waals surface area contributed by atoms with Gasteiger partial charge in [0, 0.05) is 16.8 Å². The second kappa shape index (κ2) is 7.88. The van der Waals surface area contributed by atoms with Crippen molar-refractivity contribution in [2.75, 3.05) is 11.4 Å². The van der Waals surface area contributed by atoms with Crippen molar-refractivity contribution in [2.24, 2.45) is 5.92 Å². The zero-order chi connectivity index (χ0) is 16.0. The molecule has 0 aliphatic rings. The van der Waals surface area contributed by atoms with Crippen LogP contribution in [-0.2, 0) is 4.79 Å². The fraction of sp³-hybridized carbons (Fsp3) is 0.467. The molecule has 0 saturated carbocycles. The highest BCUT2D eigenvalue weighted by molar-refractivity contribution is 6.30. The van der Waals surface area contributed by atoms with Crippen LogP contribution in [0.2, 0.25) is 5.02 Å². The van der Waals surface area contributed by atoms with Crippen LogP contribution in [0, 0.1) is 5.92 Å². The van der Waals surface area contributed by atoms with Crippen molar-refractivity contribution in [3.63, 3.8) is 0 Å². The van der Waals surface area contributed by atoms with Crippen molar-refractivity contribution >= 4 is 29.3 Å². The number of hydrogen-bond donors (Lipinski definition) is 2. The highest BCUT2D eigenvalue weighted by atomic mass is 35.5. The van der Waals surface area contributed by atoms with Gasteiger partial charge in [0.05, 0.1) is 0 Å². The van der Waals surface area contributed by atoms with Gasteiger partial charge < -0.3 is 10.4 Å². The van der Waals surface area contributed by atoms with Crippen LogP contribution in [0.5, 0.6) is 0 Å². The molecule has 1 unspecified atom stereocenters. The molecule has 0 aliphatic heterocycles. The zero-order valence-electron chi connectivity index (χ0n) is 12.5. The predicted molar refractivity (Wildman–Crippen MR) is 83.9 cm³/mol. The molecule has 0 aliphatic carbocycles. The van der Waals surface area contributed by atoms with Crippen molar-refractivity contribution < 1.29 is 14.7 Å². The number of benzene rings is 1. The first-order chi connectivity index (χ1) is 9.79. The molecule has 2 N–H and O–H groups in total. The van der Waals surface area contributed by atoms with E-state index in [4.69, 9.17) is 16.7 Å². The monoisotopic (exact) mass is 312 g/mol.